The van der Waals surface area contributed by atoms with Crippen molar-refractivity contribution in [2.24, 2.45) is 0 Å². The van der Waals surface area contributed by atoms with Crippen molar-refractivity contribution in [3.63, 3.8) is 0 Å². The number of fused-ring (bicyclic) bond motifs is 5. The van der Waals surface area contributed by atoms with E-state index in [-0.39, 0.29) is 51.9 Å². The highest BCUT2D eigenvalue weighted by molar-refractivity contribution is 6.35. The fourth-order valence-corrected chi connectivity index (χ4v) is 6.04. The fraction of sp³-hybridized carbons (Fsp3) is 0.300. The Balaban J connectivity index is 1.69. The van der Waals surface area contributed by atoms with Crippen molar-refractivity contribution < 1.29 is 18.3 Å². The molecule has 0 unspecified atom stereocenters. The molecule has 0 N–H and O–H groups in total. The number of nitrogens with zero attached hydrogens (tertiary/aromatic N) is 6. The van der Waals surface area contributed by atoms with Crippen LogP contribution in [0.2, 0.25) is 5.02 Å². The third-order valence-electron chi connectivity index (χ3n) is 7.81. The Hall–Kier alpha value is -4.38. The largest absolute Gasteiger partial charge is 0.486 e. The minimum Gasteiger partial charge on any atom is -0.486 e. The molecule has 2 aromatic carbocycles. The quantitative estimate of drug-likeness (QED) is 0.307. The number of aromatic nitrogens is 4. The van der Waals surface area contributed by atoms with Gasteiger partial charge in [-0.2, -0.15) is 4.98 Å². The van der Waals surface area contributed by atoms with E-state index in [1.165, 1.54) is 23.0 Å². The highest BCUT2D eigenvalue weighted by Gasteiger charge is 2.34. The number of amides is 1. The van der Waals surface area contributed by atoms with Crippen LogP contribution in [-0.2, 0) is 11.4 Å². The summed E-state index contributed by atoms with van der Waals surface area (Å²) in [6, 6.07) is 3.88. The van der Waals surface area contributed by atoms with Crippen LogP contribution in [0.25, 0.3) is 27.8 Å². The second-order valence-corrected chi connectivity index (χ2v) is 11.1. The maximum atomic E-state index is 15.3. The summed E-state index contributed by atoms with van der Waals surface area (Å²) in [5.41, 5.74) is 0.856. The van der Waals surface area contributed by atoms with E-state index >= 15 is 4.39 Å². The minimum absolute atomic E-state index is 0.0165. The lowest BCUT2D eigenvalue weighted by Crippen LogP contribution is -2.54. The van der Waals surface area contributed by atoms with Crippen LogP contribution in [0.4, 0.5) is 14.6 Å². The van der Waals surface area contributed by atoms with Crippen molar-refractivity contribution in [3.05, 3.63) is 81.6 Å². The molecular weight excluding hydrogens is 566 g/mol. The molecule has 12 heteroatoms. The maximum absolute atomic E-state index is 15.3. The lowest BCUT2D eigenvalue weighted by molar-refractivity contribution is -0.126. The van der Waals surface area contributed by atoms with Crippen LogP contribution in [0.1, 0.15) is 37.8 Å². The summed E-state index contributed by atoms with van der Waals surface area (Å²) >= 11 is 6.83. The molecule has 1 atom stereocenters. The van der Waals surface area contributed by atoms with E-state index in [9.17, 15) is 14.0 Å². The number of halogens is 3. The summed E-state index contributed by atoms with van der Waals surface area (Å²) in [4.78, 5) is 43.0. The predicted octanol–water partition coefficient (Wildman–Crippen LogP) is 5.01. The third-order valence-corrected chi connectivity index (χ3v) is 8.10. The molecule has 2 aliphatic heterocycles. The first-order valence-corrected chi connectivity index (χ1v) is 13.9. The number of hydrogen-bond acceptors (Lipinski definition) is 7. The topological polar surface area (TPSA) is 93.5 Å². The van der Waals surface area contributed by atoms with Crippen molar-refractivity contribution >= 4 is 34.2 Å². The minimum atomic E-state index is -1.05. The van der Waals surface area contributed by atoms with E-state index in [2.05, 4.69) is 21.5 Å². The van der Waals surface area contributed by atoms with E-state index in [0.29, 0.717) is 47.8 Å². The van der Waals surface area contributed by atoms with Crippen molar-refractivity contribution in [2.75, 3.05) is 24.5 Å². The molecule has 9 nitrogen and oxygen atoms in total. The van der Waals surface area contributed by atoms with E-state index in [4.69, 9.17) is 16.3 Å². The normalized spacial score (nSPS) is 16.3. The van der Waals surface area contributed by atoms with E-state index < -0.39 is 17.3 Å². The Morgan fingerprint density at radius 2 is 2.00 bits per heavy atom. The fourth-order valence-electron chi connectivity index (χ4n) is 5.75. The van der Waals surface area contributed by atoms with E-state index in [0.717, 1.165) is 6.07 Å². The molecule has 0 bridgehead atoms. The predicted molar refractivity (Wildman–Crippen MR) is 155 cm³/mol. The number of piperazine rings is 1. The van der Waals surface area contributed by atoms with Crippen LogP contribution in [-0.4, -0.2) is 56.0 Å². The number of carbonyl (C=O) groups excluding carboxylic acids is 1. The van der Waals surface area contributed by atoms with Crippen molar-refractivity contribution in [3.8, 4) is 22.7 Å². The molecule has 1 amide bonds. The van der Waals surface area contributed by atoms with Gasteiger partial charge in [0.25, 0.3) is 0 Å². The van der Waals surface area contributed by atoms with Gasteiger partial charge in [0.15, 0.2) is 17.4 Å². The Bertz CT molecular complexity index is 1840. The lowest BCUT2D eigenvalue weighted by atomic mass is 9.94. The molecule has 1 saturated heterocycles. The SMILES string of the molecule is C=CC(=O)N1CCN(c2nc(=O)n(-c3ncncc3C(C)C)c3c4c(c(Cl)cc23)-c2c(ccc(F)c2F)CO4)[C@@H](C)C1. The van der Waals surface area contributed by atoms with Gasteiger partial charge in [0.2, 0.25) is 5.91 Å². The van der Waals surface area contributed by atoms with Gasteiger partial charge in [-0.25, -0.2) is 28.1 Å². The van der Waals surface area contributed by atoms with Gasteiger partial charge in [-0.15, -0.1) is 0 Å². The Morgan fingerprint density at radius 3 is 2.71 bits per heavy atom. The zero-order valence-corrected chi connectivity index (χ0v) is 24.0. The smallest absolute Gasteiger partial charge is 0.355 e. The molecule has 0 spiro atoms. The summed E-state index contributed by atoms with van der Waals surface area (Å²) in [5, 5.41) is 0.568. The van der Waals surface area contributed by atoms with E-state index in [1.807, 2.05) is 25.7 Å². The average Bonchev–Trinajstić information content (AvgIpc) is 2.98. The standard InChI is InChI=1S/C30H27ClF2N6O3/c1-5-22(40)37-8-9-38(16(4)12-37)29-18-10-20(31)24-23-17(6-7-21(32)25(23)33)13-42-27(24)26(18)39(30(41)36-29)28-19(15(2)3)11-34-14-35-28/h5-7,10-11,14-16H,1,8-9,12-13H2,2-4H3/t16-/m0/s1. The van der Waals surface area contributed by atoms with Crippen LogP contribution < -0.4 is 15.3 Å². The lowest BCUT2D eigenvalue weighted by Gasteiger charge is -2.40. The van der Waals surface area contributed by atoms with Crippen LogP contribution in [0.5, 0.6) is 5.75 Å². The molecule has 0 aliphatic carbocycles. The van der Waals surface area contributed by atoms with Crippen molar-refractivity contribution in [2.45, 2.75) is 39.3 Å². The van der Waals surface area contributed by atoms with Gasteiger partial charge in [-0.3, -0.25) is 4.79 Å². The first-order valence-electron chi connectivity index (χ1n) is 13.5. The van der Waals surface area contributed by atoms with Gasteiger partial charge in [0, 0.05) is 59.5 Å². The number of rotatable bonds is 4. The molecule has 1 fully saturated rings. The highest BCUT2D eigenvalue weighted by atomic mass is 35.5. The summed E-state index contributed by atoms with van der Waals surface area (Å²) < 4.78 is 37.3. The Kier molecular flexibility index (Phi) is 6.92. The molecule has 0 radical (unpaired) electrons. The van der Waals surface area contributed by atoms with Gasteiger partial charge >= 0.3 is 5.69 Å². The monoisotopic (exact) mass is 592 g/mol. The number of ether oxygens (including phenoxy) is 1. The number of carbonyl (C=O) groups is 1. The van der Waals surface area contributed by atoms with Crippen LogP contribution in [0, 0.1) is 11.6 Å². The third kappa shape index (κ3) is 4.30. The first-order chi connectivity index (χ1) is 20.1. The van der Waals surface area contributed by atoms with Gasteiger partial charge in [0.1, 0.15) is 30.1 Å². The number of benzene rings is 2. The zero-order valence-electron chi connectivity index (χ0n) is 23.2. The molecular formula is C30H27ClF2N6O3. The second-order valence-electron chi connectivity index (χ2n) is 10.7. The average molecular weight is 593 g/mol. The molecule has 2 aromatic heterocycles. The molecule has 4 heterocycles. The van der Waals surface area contributed by atoms with Gasteiger partial charge in [0.05, 0.1) is 5.02 Å². The van der Waals surface area contributed by atoms with Crippen molar-refractivity contribution in [1.29, 1.82) is 0 Å². The first kappa shape index (κ1) is 27.8. The summed E-state index contributed by atoms with van der Waals surface area (Å²) in [6.45, 7) is 10.5. The Labute approximate surface area is 245 Å². The molecule has 4 aromatic rings. The van der Waals surface area contributed by atoms with Crippen LogP contribution >= 0.6 is 11.6 Å². The van der Waals surface area contributed by atoms with Gasteiger partial charge < -0.3 is 14.5 Å². The summed E-state index contributed by atoms with van der Waals surface area (Å²) in [5.74, 6) is -1.57. The van der Waals surface area contributed by atoms with Gasteiger partial charge in [-0.05, 0) is 31.1 Å². The van der Waals surface area contributed by atoms with Gasteiger partial charge in [-0.1, -0.05) is 38.1 Å². The zero-order chi connectivity index (χ0) is 29.9. The van der Waals surface area contributed by atoms with Crippen LogP contribution in [0.15, 0.2) is 48.2 Å². The van der Waals surface area contributed by atoms with Crippen LogP contribution in [0.3, 0.4) is 0 Å². The maximum Gasteiger partial charge on any atom is 0.355 e. The van der Waals surface area contributed by atoms with E-state index in [1.54, 1.807) is 17.2 Å². The van der Waals surface area contributed by atoms with Crippen molar-refractivity contribution in [1.82, 2.24) is 24.4 Å². The number of hydrogen-bond donors (Lipinski definition) is 0. The molecule has 216 valence electrons. The second kappa shape index (κ2) is 10.5. The molecule has 42 heavy (non-hydrogen) atoms. The summed E-state index contributed by atoms with van der Waals surface area (Å²) in [7, 11) is 0. The molecule has 6 rings (SSSR count). The summed E-state index contributed by atoms with van der Waals surface area (Å²) in [6.07, 6.45) is 4.23. The number of anilines is 1. The highest BCUT2D eigenvalue weighted by Crippen LogP contribution is 2.49. The molecule has 0 saturated carbocycles. The Morgan fingerprint density at radius 1 is 1.21 bits per heavy atom. The molecule has 2 aliphatic rings.